The molecule has 1 unspecified atom stereocenters. The van der Waals surface area contributed by atoms with E-state index in [-0.39, 0.29) is 17.6 Å². The van der Waals surface area contributed by atoms with Crippen LogP contribution in [0.5, 0.6) is 0 Å². The summed E-state index contributed by atoms with van der Waals surface area (Å²) in [4.78, 5) is 12.3. The zero-order valence-electron chi connectivity index (χ0n) is 14.1. The largest absolute Gasteiger partial charge is 0.416 e. The van der Waals surface area contributed by atoms with Crippen molar-refractivity contribution in [1.29, 1.82) is 0 Å². The summed E-state index contributed by atoms with van der Waals surface area (Å²) in [6, 6.07) is 6.60. The second kappa shape index (κ2) is 7.71. The Labute approximate surface area is 153 Å². The monoisotopic (exact) mass is 384 g/mol. The molecular formula is C17H19F3N4OS. The first-order valence-electron chi connectivity index (χ1n) is 8.18. The molecule has 26 heavy (non-hydrogen) atoms. The van der Waals surface area contributed by atoms with Crippen LogP contribution in [0.2, 0.25) is 0 Å². The average Bonchev–Trinajstić information content (AvgIpc) is 2.95. The van der Waals surface area contributed by atoms with E-state index >= 15 is 0 Å². The molecule has 1 amide bonds. The van der Waals surface area contributed by atoms with Gasteiger partial charge in [0, 0.05) is 36.6 Å². The number of hydrogen-bond donors (Lipinski definition) is 2. The zero-order chi connectivity index (χ0) is 18.7. The lowest BCUT2D eigenvalue weighted by molar-refractivity contribution is -0.137. The number of benzene rings is 1. The minimum Gasteiger partial charge on any atom is -0.312 e. The van der Waals surface area contributed by atoms with E-state index < -0.39 is 11.7 Å². The van der Waals surface area contributed by atoms with E-state index in [1.54, 1.807) is 24.8 Å². The van der Waals surface area contributed by atoms with E-state index in [1.807, 2.05) is 0 Å². The smallest absolute Gasteiger partial charge is 0.312 e. The molecule has 0 radical (unpaired) electrons. The molecule has 1 fully saturated rings. The van der Waals surface area contributed by atoms with Crippen LogP contribution in [0.25, 0.3) is 5.69 Å². The van der Waals surface area contributed by atoms with Gasteiger partial charge in [0.15, 0.2) is 0 Å². The Morgan fingerprint density at radius 2 is 2.23 bits per heavy atom. The lowest BCUT2D eigenvalue weighted by Gasteiger charge is -2.22. The van der Waals surface area contributed by atoms with Gasteiger partial charge < -0.3 is 10.6 Å². The molecule has 2 N–H and O–H groups in total. The number of alkyl halides is 3. The average molecular weight is 384 g/mol. The van der Waals surface area contributed by atoms with Crippen molar-refractivity contribution in [2.75, 3.05) is 23.4 Å². The number of nitrogens with one attached hydrogen (secondary N) is 2. The fourth-order valence-electron chi connectivity index (χ4n) is 2.77. The molecule has 1 aliphatic heterocycles. The van der Waals surface area contributed by atoms with E-state index in [0.29, 0.717) is 17.9 Å². The third-order valence-electron chi connectivity index (χ3n) is 3.95. The first kappa shape index (κ1) is 18.8. The second-order valence-electron chi connectivity index (χ2n) is 6.11. The number of amides is 1. The number of rotatable bonds is 4. The fraction of sp³-hybridized carbons (Fsp3) is 0.412. The molecule has 3 rings (SSSR count). The Kier molecular flexibility index (Phi) is 5.57. The standard InChI is InChI=1S/C17H19F3N4OS/c1-11-7-15(22-16(25)9-13-10-26-6-5-21-13)24(23-11)14-4-2-3-12(8-14)17(18,19)20/h2-4,7-8,13,21H,5-6,9-10H2,1H3,(H,22,25). The topological polar surface area (TPSA) is 59.0 Å². The first-order chi connectivity index (χ1) is 12.3. The minimum atomic E-state index is -4.44. The number of anilines is 1. The van der Waals surface area contributed by atoms with Crippen LogP contribution in [0.3, 0.4) is 0 Å². The fourth-order valence-corrected chi connectivity index (χ4v) is 3.72. The predicted molar refractivity (Wildman–Crippen MR) is 95.7 cm³/mol. The van der Waals surface area contributed by atoms with Gasteiger partial charge in [-0.1, -0.05) is 6.07 Å². The maximum atomic E-state index is 13.0. The normalized spacial score (nSPS) is 17.9. The van der Waals surface area contributed by atoms with Gasteiger partial charge in [-0.15, -0.1) is 0 Å². The summed E-state index contributed by atoms with van der Waals surface area (Å²) in [5.41, 5.74) is 0.0856. The van der Waals surface area contributed by atoms with Gasteiger partial charge in [-0.3, -0.25) is 4.79 Å². The Morgan fingerprint density at radius 3 is 2.92 bits per heavy atom. The van der Waals surface area contributed by atoms with Crippen LogP contribution in [0.1, 0.15) is 17.7 Å². The summed E-state index contributed by atoms with van der Waals surface area (Å²) < 4.78 is 40.2. The summed E-state index contributed by atoms with van der Waals surface area (Å²) in [5.74, 6) is 2.05. The van der Waals surface area contributed by atoms with Gasteiger partial charge in [0.1, 0.15) is 5.82 Å². The van der Waals surface area contributed by atoms with Crippen molar-refractivity contribution < 1.29 is 18.0 Å². The van der Waals surface area contributed by atoms with Crippen LogP contribution in [-0.2, 0) is 11.0 Å². The van der Waals surface area contributed by atoms with E-state index in [1.165, 1.54) is 16.8 Å². The number of carbonyl (C=O) groups excluding carboxylic acids is 1. The summed E-state index contributed by atoms with van der Waals surface area (Å²) >= 11 is 1.79. The Hall–Kier alpha value is -2.00. The van der Waals surface area contributed by atoms with Gasteiger partial charge in [-0.2, -0.15) is 30.0 Å². The molecule has 5 nitrogen and oxygen atoms in total. The zero-order valence-corrected chi connectivity index (χ0v) is 15.0. The van der Waals surface area contributed by atoms with Crippen LogP contribution in [0.15, 0.2) is 30.3 Å². The van der Waals surface area contributed by atoms with Gasteiger partial charge in [0.2, 0.25) is 5.91 Å². The van der Waals surface area contributed by atoms with Crippen LogP contribution in [-0.4, -0.2) is 39.8 Å². The number of aryl methyl sites for hydroxylation is 1. The van der Waals surface area contributed by atoms with Gasteiger partial charge in [-0.25, -0.2) is 4.68 Å². The molecule has 9 heteroatoms. The number of aromatic nitrogens is 2. The van der Waals surface area contributed by atoms with Gasteiger partial charge in [0.05, 0.1) is 16.9 Å². The van der Waals surface area contributed by atoms with Crippen LogP contribution in [0, 0.1) is 6.92 Å². The first-order valence-corrected chi connectivity index (χ1v) is 9.33. The molecule has 0 saturated carbocycles. The SMILES string of the molecule is Cc1cc(NC(=O)CC2CSCCN2)n(-c2cccc(C(F)(F)F)c2)n1. The number of carbonyl (C=O) groups is 1. The molecule has 0 bridgehead atoms. The van der Waals surface area contributed by atoms with Crippen LogP contribution < -0.4 is 10.6 Å². The van der Waals surface area contributed by atoms with Crippen molar-refractivity contribution in [2.24, 2.45) is 0 Å². The number of hydrogen-bond acceptors (Lipinski definition) is 4. The molecule has 140 valence electrons. The van der Waals surface area contributed by atoms with Gasteiger partial charge >= 0.3 is 6.18 Å². The summed E-state index contributed by atoms with van der Waals surface area (Å²) in [7, 11) is 0. The summed E-state index contributed by atoms with van der Waals surface area (Å²) in [6.07, 6.45) is -4.13. The van der Waals surface area contributed by atoms with E-state index in [0.717, 1.165) is 30.2 Å². The van der Waals surface area contributed by atoms with Crippen molar-refractivity contribution in [1.82, 2.24) is 15.1 Å². The highest BCUT2D eigenvalue weighted by molar-refractivity contribution is 7.99. The lowest BCUT2D eigenvalue weighted by Crippen LogP contribution is -2.40. The van der Waals surface area contributed by atoms with Crippen molar-refractivity contribution >= 4 is 23.5 Å². The van der Waals surface area contributed by atoms with Crippen molar-refractivity contribution in [2.45, 2.75) is 25.6 Å². The number of halogens is 3. The molecule has 1 aliphatic rings. The quantitative estimate of drug-likeness (QED) is 0.850. The highest BCUT2D eigenvalue weighted by Crippen LogP contribution is 2.31. The van der Waals surface area contributed by atoms with Gasteiger partial charge in [0.25, 0.3) is 0 Å². The Bertz CT molecular complexity index is 785. The molecule has 1 aromatic heterocycles. The second-order valence-corrected chi connectivity index (χ2v) is 7.26. The number of nitrogens with zero attached hydrogens (tertiary/aromatic N) is 2. The summed E-state index contributed by atoms with van der Waals surface area (Å²) in [5, 5.41) is 10.3. The minimum absolute atomic E-state index is 0.0970. The molecular weight excluding hydrogens is 365 g/mol. The van der Waals surface area contributed by atoms with Crippen LogP contribution in [0.4, 0.5) is 19.0 Å². The van der Waals surface area contributed by atoms with E-state index in [2.05, 4.69) is 15.7 Å². The molecule has 2 heterocycles. The third-order valence-corrected chi connectivity index (χ3v) is 5.08. The highest BCUT2D eigenvalue weighted by atomic mass is 32.2. The molecule has 0 aliphatic carbocycles. The maximum absolute atomic E-state index is 13.0. The molecule has 2 aromatic rings. The highest BCUT2D eigenvalue weighted by Gasteiger charge is 2.30. The van der Waals surface area contributed by atoms with Crippen molar-refractivity contribution in [3.8, 4) is 5.69 Å². The molecule has 0 spiro atoms. The molecule has 1 saturated heterocycles. The number of thioether (sulfide) groups is 1. The van der Waals surface area contributed by atoms with Gasteiger partial charge in [-0.05, 0) is 25.1 Å². The Balaban J connectivity index is 1.79. The lowest BCUT2D eigenvalue weighted by atomic mass is 10.2. The predicted octanol–water partition coefficient (Wildman–Crippen LogP) is 3.23. The third kappa shape index (κ3) is 4.59. The van der Waals surface area contributed by atoms with Crippen LogP contribution >= 0.6 is 11.8 Å². The van der Waals surface area contributed by atoms with Crippen molar-refractivity contribution in [3.63, 3.8) is 0 Å². The maximum Gasteiger partial charge on any atom is 0.416 e. The molecule has 1 aromatic carbocycles. The van der Waals surface area contributed by atoms with E-state index in [9.17, 15) is 18.0 Å². The van der Waals surface area contributed by atoms with Crippen molar-refractivity contribution in [3.05, 3.63) is 41.6 Å². The van der Waals surface area contributed by atoms with E-state index in [4.69, 9.17) is 0 Å². The Morgan fingerprint density at radius 1 is 1.42 bits per heavy atom. The molecule has 1 atom stereocenters. The summed E-state index contributed by atoms with van der Waals surface area (Å²) in [6.45, 7) is 2.59.